The van der Waals surface area contributed by atoms with Gasteiger partial charge in [0.15, 0.2) is 12.2 Å². The third-order valence-electron chi connectivity index (χ3n) is 1.35. The van der Waals surface area contributed by atoms with E-state index < -0.39 is 24.1 Å². The fraction of sp³-hybridized carbons (Fsp3) is 0.750. The fourth-order valence-electron chi connectivity index (χ4n) is 0.598. The van der Waals surface area contributed by atoms with Gasteiger partial charge in [-0.3, -0.25) is 0 Å². The third kappa shape index (κ3) is 4.20. The summed E-state index contributed by atoms with van der Waals surface area (Å²) in [5.41, 5.74) is 0. The van der Waals surface area contributed by atoms with Crippen LogP contribution in [0, 0.1) is 5.92 Å². The molecule has 0 aromatic carbocycles. The van der Waals surface area contributed by atoms with Gasteiger partial charge in [-0.1, -0.05) is 13.8 Å². The zero-order chi connectivity index (χ0) is 11.3. The Labute approximate surface area is 81.1 Å². The second kappa shape index (κ2) is 5.56. The maximum absolute atomic E-state index is 10.9. The Morgan fingerprint density at radius 3 is 2.07 bits per heavy atom. The molecule has 82 valence electrons. The molecule has 3 N–H and O–H groups in total. The number of hydrogen-bond donors (Lipinski definition) is 3. The van der Waals surface area contributed by atoms with Gasteiger partial charge in [0.25, 0.3) is 0 Å². The molecule has 0 bridgehead atoms. The summed E-state index contributed by atoms with van der Waals surface area (Å²) in [6.07, 6.45) is -4.18. The number of aliphatic hydroxyl groups is 2. The molecule has 6 heteroatoms. The summed E-state index contributed by atoms with van der Waals surface area (Å²) in [6, 6.07) is 0. The molecule has 2 atom stereocenters. The van der Waals surface area contributed by atoms with Crippen molar-refractivity contribution in [3.63, 3.8) is 0 Å². The molecule has 0 aliphatic carbocycles. The van der Waals surface area contributed by atoms with Crippen LogP contribution in [0.3, 0.4) is 0 Å². The molecule has 6 nitrogen and oxygen atoms in total. The van der Waals surface area contributed by atoms with Crippen LogP contribution in [-0.2, 0) is 14.3 Å². The molecule has 0 unspecified atom stereocenters. The van der Waals surface area contributed by atoms with Crippen molar-refractivity contribution in [1.82, 2.24) is 0 Å². The minimum absolute atomic E-state index is 0.0717. The number of carboxylic acid groups (broad SMARTS) is 1. The molecule has 0 heterocycles. The highest BCUT2D eigenvalue weighted by atomic mass is 16.6. The molecule has 0 spiro atoms. The van der Waals surface area contributed by atoms with Crippen molar-refractivity contribution in [1.29, 1.82) is 0 Å². The maximum atomic E-state index is 10.9. The molecule has 0 rings (SSSR count). The van der Waals surface area contributed by atoms with Gasteiger partial charge in [0.1, 0.15) is 0 Å². The minimum Gasteiger partial charge on any atom is -0.479 e. The van der Waals surface area contributed by atoms with Crippen LogP contribution in [-0.4, -0.2) is 46.1 Å². The van der Waals surface area contributed by atoms with Crippen LogP contribution in [0.5, 0.6) is 0 Å². The first kappa shape index (κ1) is 12.9. The van der Waals surface area contributed by atoms with Gasteiger partial charge < -0.3 is 20.1 Å². The van der Waals surface area contributed by atoms with E-state index in [1.165, 1.54) is 0 Å². The standard InChI is InChI=1S/C8H14O6/c1-4(2)3-14-8(13)6(10)5(9)7(11)12/h4-6,9-10H,3H2,1-2H3,(H,11,12)/t5-,6-/m0/s1. The number of carboxylic acids is 1. The molecule has 0 aliphatic heterocycles. The smallest absolute Gasteiger partial charge is 0.338 e. The van der Waals surface area contributed by atoms with Crippen molar-refractivity contribution in [2.24, 2.45) is 5.92 Å². The Morgan fingerprint density at radius 1 is 1.21 bits per heavy atom. The molecule has 0 aromatic heterocycles. The Kier molecular flexibility index (Phi) is 5.11. The maximum Gasteiger partial charge on any atom is 0.338 e. The third-order valence-corrected chi connectivity index (χ3v) is 1.35. The van der Waals surface area contributed by atoms with Crippen LogP contribution in [0.25, 0.3) is 0 Å². The second-order valence-electron chi connectivity index (χ2n) is 3.25. The Hall–Kier alpha value is -1.14. The van der Waals surface area contributed by atoms with Gasteiger partial charge in [-0.15, -0.1) is 0 Å². The highest BCUT2D eigenvalue weighted by Crippen LogP contribution is 2.00. The predicted octanol–water partition coefficient (Wildman–Crippen LogP) is -1.01. The number of aliphatic hydroxyl groups excluding tert-OH is 2. The lowest BCUT2D eigenvalue weighted by Gasteiger charge is -2.14. The van der Waals surface area contributed by atoms with E-state index in [-0.39, 0.29) is 12.5 Å². The molecular formula is C8H14O6. The second-order valence-corrected chi connectivity index (χ2v) is 3.25. The zero-order valence-corrected chi connectivity index (χ0v) is 8.01. The normalized spacial score (nSPS) is 14.9. The van der Waals surface area contributed by atoms with Crippen molar-refractivity contribution in [2.75, 3.05) is 6.61 Å². The van der Waals surface area contributed by atoms with E-state index in [4.69, 9.17) is 15.3 Å². The summed E-state index contributed by atoms with van der Waals surface area (Å²) in [6.45, 7) is 3.64. The van der Waals surface area contributed by atoms with E-state index in [0.29, 0.717) is 0 Å². The first-order valence-corrected chi connectivity index (χ1v) is 4.11. The number of aliphatic carboxylic acids is 1. The SMILES string of the molecule is CC(C)COC(=O)[C@@H](O)[C@H](O)C(=O)O. The summed E-state index contributed by atoms with van der Waals surface area (Å²) >= 11 is 0. The summed E-state index contributed by atoms with van der Waals surface area (Å²) in [5, 5.41) is 26.0. The summed E-state index contributed by atoms with van der Waals surface area (Å²) in [5.74, 6) is -2.72. The quantitative estimate of drug-likeness (QED) is 0.498. The van der Waals surface area contributed by atoms with Gasteiger partial charge in [0, 0.05) is 0 Å². The molecule has 0 aromatic rings. The molecule has 0 saturated heterocycles. The van der Waals surface area contributed by atoms with E-state index in [1.807, 2.05) is 0 Å². The van der Waals surface area contributed by atoms with Crippen molar-refractivity contribution >= 4 is 11.9 Å². The van der Waals surface area contributed by atoms with Crippen LogP contribution in [0.4, 0.5) is 0 Å². The molecule has 0 fully saturated rings. The number of rotatable bonds is 5. The number of carbonyl (C=O) groups excluding carboxylic acids is 1. The number of carbonyl (C=O) groups is 2. The molecule has 0 saturated carbocycles. The average molecular weight is 206 g/mol. The monoisotopic (exact) mass is 206 g/mol. The molecule has 14 heavy (non-hydrogen) atoms. The van der Waals surface area contributed by atoms with E-state index >= 15 is 0 Å². The predicted molar refractivity (Wildman–Crippen MR) is 45.4 cm³/mol. The first-order chi connectivity index (χ1) is 6.36. The highest BCUT2D eigenvalue weighted by Gasteiger charge is 2.31. The molecular weight excluding hydrogens is 192 g/mol. The van der Waals surface area contributed by atoms with Crippen LogP contribution < -0.4 is 0 Å². The Balaban J connectivity index is 4.05. The van der Waals surface area contributed by atoms with Gasteiger partial charge in [-0.2, -0.15) is 0 Å². The Morgan fingerprint density at radius 2 is 1.71 bits per heavy atom. The zero-order valence-electron chi connectivity index (χ0n) is 8.01. The van der Waals surface area contributed by atoms with Crippen LogP contribution in [0.2, 0.25) is 0 Å². The topological polar surface area (TPSA) is 104 Å². The average Bonchev–Trinajstić information content (AvgIpc) is 2.11. The van der Waals surface area contributed by atoms with E-state index in [1.54, 1.807) is 13.8 Å². The van der Waals surface area contributed by atoms with Crippen LogP contribution >= 0.6 is 0 Å². The Bertz CT molecular complexity index is 212. The van der Waals surface area contributed by atoms with Gasteiger partial charge in [0.05, 0.1) is 6.61 Å². The summed E-state index contributed by atoms with van der Waals surface area (Å²) in [4.78, 5) is 21.1. The first-order valence-electron chi connectivity index (χ1n) is 4.11. The van der Waals surface area contributed by atoms with E-state index in [0.717, 1.165) is 0 Å². The van der Waals surface area contributed by atoms with Gasteiger partial charge in [-0.05, 0) is 5.92 Å². The number of esters is 1. The van der Waals surface area contributed by atoms with Gasteiger partial charge >= 0.3 is 11.9 Å². The lowest BCUT2D eigenvalue weighted by atomic mass is 10.2. The molecule has 0 aliphatic rings. The van der Waals surface area contributed by atoms with Crippen LogP contribution in [0.1, 0.15) is 13.8 Å². The van der Waals surface area contributed by atoms with Crippen LogP contribution in [0.15, 0.2) is 0 Å². The summed E-state index contributed by atoms with van der Waals surface area (Å²) in [7, 11) is 0. The minimum atomic E-state index is -2.14. The van der Waals surface area contributed by atoms with Gasteiger partial charge in [0.2, 0.25) is 0 Å². The lowest BCUT2D eigenvalue weighted by molar-refractivity contribution is -0.170. The fourth-order valence-corrected chi connectivity index (χ4v) is 0.598. The summed E-state index contributed by atoms with van der Waals surface area (Å²) < 4.78 is 4.52. The van der Waals surface area contributed by atoms with E-state index in [9.17, 15) is 9.59 Å². The largest absolute Gasteiger partial charge is 0.479 e. The van der Waals surface area contributed by atoms with Gasteiger partial charge in [-0.25, -0.2) is 9.59 Å². The van der Waals surface area contributed by atoms with Crippen molar-refractivity contribution in [3.05, 3.63) is 0 Å². The molecule has 0 radical (unpaired) electrons. The molecule has 0 amide bonds. The lowest BCUT2D eigenvalue weighted by Crippen LogP contribution is -2.40. The number of hydrogen-bond acceptors (Lipinski definition) is 5. The number of ether oxygens (including phenoxy) is 1. The van der Waals surface area contributed by atoms with Crippen molar-refractivity contribution < 1.29 is 29.6 Å². The van der Waals surface area contributed by atoms with Crippen molar-refractivity contribution in [3.8, 4) is 0 Å². The van der Waals surface area contributed by atoms with Crippen molar-refractivity contribution in [2.45, 2.75) is 26.1 Å². The van der Waals surface area contributed by atoms with E-state index in [2.05, 4.69) is 4.74 Å². The highest BCUT2D eigenvalue weighted by molar-refractivity contribution is 5.84.